The van der Waals surface area contributed by atoms with Crippen molar-refractivity contribution in [2.45, 2.75) is 0 Å². The molecule has 28 heavy (non-hydrogen) atoms. The van der Waals surface area contributed by atoms with Crippen molar-refractivity contribution >= 4 is 45.9 Å². The number of benzene rings is 2. The summed E-state index contributed by atoms with van der Waals surface area (Å²) in [5, 5.41) is 0.250. The highest BCUT2D eigenvalue weighted by molar-refractivity contribution is 6.52. The molecule has 136 valence electrons. The molecule has 2 nitrogen and oxygen atoms in total. The molecule has 0 fully saturated rings. The van der Waals surface area contributed by atoms with Crippen molar-refractivity contribution in [1.82, 2.24) is 0 Å². The van der Waals surface area contributed by atoms with Crippen LogP contribution in [0.25, 0.3) is 11.1 Å². The number of halogens is 2. The maximum Gasteiger partial charge on any atom is 0.204 e. The van der Waals surface area contributed by atoms with Crippen LogP contribution in [0.5, 0.6) is 0 Å². The third-order valence-corrected chi connectivity index (χ3v) is 5.15. The van der Waals surface area contributed by atoms with E-state index in [1.165, 1.54) is 0 Å². The average molecular weight is 405 g/mol. The predicted octanol–water partition coefficient (Wildman–Crippen LogP) is 5.86. The topological polar surface area (TPSA) is 34.1 Å². The van der Waals surface area contributed by atoms with E-state index in [9.17, 15) is 9.59 Å². The first-order valence-electron chi connectivity index (χ1n) is 8.67. The largest absolute Gasteiger partial charge is 0.288 e. The van der Waals surface area contributed by atoms with Gasteiger partial charge in [0.05, 0.1) is 10.1 Å². The van der Waals surface area contributed by atoms with Crippen LogP contribution < -0.4 is 0 Å². The Bertz CT molecular complexity index is 1040. The lowest BCUT2D eigenvalue weighted by atomic mass is 9.88. The molecule has 0 atom stereocenters. The van der Waals surface area contributed by atoms with Crippen molar-refractivity contribution in [3.63, 3.8) is 0 Å². The molecular weight excluding hydrogens is 391 g/mol. The Balaban J connectivity index is 1.89. The molecule has 2 aromatic carbocycles. The van der Waals surface area contributed by atoms with Gasteiger partial charge in [0.1, 0.15) is 0 Å². The molecule has 0 bridgehead atoms. The van der Waals surface area contributed by atoms with Crippen LogP contribution >= 0.6 is 23.2 Å². The lowest BCUT2D eigenvalue weighted by Crippen LogP contribution is -2.10. The van der Waals surface area contributed by atoms with Crippen molar-refractivity contribution in [2.75, 3.05) is 0 Å². The summed E-state index contributed by atoms with van der Waals surface area (Å²) in [5.74, 6) is -0.460. The lowest BCUT2D eigenvalue weighted by Gasteiger charge is -2.17. The molecule has 2 aromatic rings. The highest BCUT2D eigenvalue weighted by Crippen LogP contribution is 2.34. The van der Waals surface area contributed by atoms with Crippen molar-refractivity contribution in [2.24, 2.45) is 0 Å². The number of carbonyl (C=O) groups is 2. The molecule has 4 heteroatoms. The summed E-state index contributed by atoms with van der Waals surface area (Å²) < 4.78 is 0. The fourth-order valence-corrected chi connectivity index (χ4v) is 3.62. The Kier molecular flexibility index (Phi) is 4.99. The van der Waals surface area contributed by atoms with E-state index in [2.05, 4.69) is 0 Å². The second-order valence-corrected chi connectivity index (χ2v) is 7.22. The average Bonchev–Trinajstić information content (AvgIpc) is 2.73. The van der Waals surface area contributed by atoms with Crippen molar-refractivity contribution in [1.29, 1.82) is 0 Å². The van der Waals surface area contributed by atoms with Crippen LogP contribution in [0.2, 0.25) is 0 Å². The van der Waals surface area contributed by atoms with Gasteiger partial charge in [0.25, 0.3) is 0 Å². The van der Waals surface area contributed by atoms with Crippen LogP contribution in [0.15, 0.2) is 106 Å². The second kappa shape index (κ2) is 7.59. The molecule has 2 aliphatic rings. The molecule has 0 saturated heterocycles. The molecule has 0 amide bonds. The van der Waals surface area contributed by atoms with Gasteiger partial charge in [-0.3, -0.25) is 9.59 Å². The fraction of sp³-hybridized carbons (Fsp3) is 0. The lowest BCUT2D eigenvalue weighted by molar-refractivity contribution is -0.110. The van der Waals surface area contributed by atoms with E-state index >= 15 is 0 Å². The van der Waals surface area contributed by atoms with Gasteiger partial charge >= 0.3 is 0 Å². The molecule has 0 aliphatic heterocycles. The zero-order chi connectivity index (χ0) is 19.7. The van der Waals surface area contributed by atoms with Crippen LogP contribution in [-0.4, -0.2) is 11.6 Å². The van der Waals surface area contributed by atoms with Crippen LogP contribution in [0.3, 0.4) is 0 Å². The third-order valence-electron chi connectivity index (χ3n) is 4.59. The zero-order valence-electron chi connectivity index (χ0n) is 14.7. The number of Topliss-reactive ketones (excluding diaryl/α,β-unsaturated/α-hetero) is 2. The predicted molar refractivity (Wildman–Crippen MR) is 114 cm³/mol. The van der Waals surface area contributed by atoms with Crippen molar-refractivity contribution < 1.29 is 9.59 Å². The molecule has 0 heterocycles. The van der Waals surface area contributed by atoms with Gasteiger partial charge in [0.2, 0.25) is 11.6 Å². The minimum absolute atomic E-state index is 0.125. The monoisotopic (exact) mass is 404 g/mol. The Morgan fingerprint density at radius 3 is 1.21 bits per heavy atom. The highest BCUT2D eigenvalue weighted by Gasteiger charge is 2.24. The standard InChI is InChI=1S/C24H14Cl2O2/c25-21-13-17(11-19(23(21)27)15-7-3-1-4-8-15)18-12-20(24(28)22(26)14-18)16-9-5-2-6-10-16/h1-14H/b18-17-. The van der Waals surface area contributed by atoms with E-state index in [0.29, 0.717) is 11.1 Å². The molecule has 0 unspecified atom stereocenters. The number of hydrogen-bond acceptors (Lipinski definition) is 2. The molecule has 0 radical (unpaired) electrons. The fourth-order valence-electron chi connectivity index (χ4n) is 3.18. The SMILES string of the molecule is O=C1C(Cl)=C/C(=C2\C=C(Cl)C(=O)C(c3ccccc3)=C2)C=C1c1ccccc1. The summed E-state index contributed by atoms with van der Waals surface area (Å²) >= 11 is 12.5. The van der Waals surface area contributed by atoms with E-state index in [-0.39, 0.29) is 21.6 Å². The van der Waals surface area contributed by atoms with Gasteiger partial charge in [-0.15, -0.1) is 0 Å². The third kappa shape index (κ3) is 3.45. The van der Waals surface area contributed by atoms with Gasteiger partial charge in [-0.1, -0.05) is 83.9 Å². The van der Waals surface area contributed by atoms with Gasteiger partial charge in [-0.2, -0.15) is 0 Å². The van der Waals surface area contributed by atoms with Crippen molar-refractivity contribution in [3.05, 3.63) is 117 Å². The maximum atomic E-state index is 12.6. The van der Waals surface area contributed by atoms with Gasteiger partial charge in [-0.25, -0.2) is 0 Å². The molecule has 0 spiro atoms. The minimum atomic E-state index is -0.230. The molecule has 0 N–H and O–H groups in total. The first-order valence-corrected chi connectivity index (χ1v) is 9.42. The summed E-state index contributed by atoms with van der Waals surface area (Å²) in [4.78, 5) is 25.1. The van der Waals surface area contributed by atoms with Crippen molar-refractivity contribution in [3.8, 4) is 0 Å². The number of ketones is 2. The van der Waals surface area contributed by atoms with Gasteiger partial charge in [0, 0.05) is 11.1 Å². The van der Waals surface area contributed by atoms with Gasteiger partial charge < -0.3 is 0 Å². The first kappa shape index (κ1) is 18.4. The smallest absolute Gasteiger partial charge is 0.204 e. The van der Waals surface area contributed by atoms with E-state index in [1.807, 2.05) is 60.7 Å². The molecule has 2 aliphatic carbocycles. The second-order valence-electron chi connectivity index (χ2n) is 6.40. The molecular formula is C24H14Cl2O2. The van der Waals surface area contributed by atoms with Crippen LogP contribution in [-0.2, 0) is 9.59 Å². The Hall–Kier alpha value is -2.94. The highest BCUT2D eigenvalue weighted by atomic mass is 35.5. The van der Waals surface area contributed by atoms with Crippen LogP contribution in [0.1, 0.15) is 11.1 Å². The summed E-state index contributed by atoms with van der Waals surface area (Å²) in [6.45, 7) is 0. The number of allylic oxidation sites excluding steroid dienone is 10. The maximum absolute atomic E-state index is 12.6. The number of carbonyl (C=O) groups excluding carboxylic acids is 2. The normalized spacial score (nSPS) is 19.6. The Labute approximate surface area is 172 Å². The van der Waals surface area contributed by atoms with Crippen LogP contribution in [0.4, 0.5) is 0 Å². The summed E-state index contributed by atoms with van der Waals surface area (Å²) in [6.07, 6.45) is 6.80. The molecule has 0 aromatic heterocycles. The minimum Gasteiger partial charge on any atom is -0.288 e. The molecule has 4 rings (SSSR count). The summed E-state index contributed by atoms with van der Waals surface area (Å²) in [6, 6.07) is 18.7. The van der Waals surface area contributed by atoms with E-state index in [1.54, 1.807) is 24.3 Å². The van der Waals surface area contributed by atoms with Gasteiger partial charge in [-0.05, 0) is 46.6 Å². The Morgan fingerprint density at radius 1 is 0.500 bits per heavy atom. The van der Waals surface area contributed by atoms with E-state index in [0.717, 1.165) is 22.3 Å². The summed E-state index contributed by atoms with van der Waals surface area (Å²) in [5.41, 5.74) is 4.03. The summed E-state index contributed by atoms with van der Waals surface area (Å²) in [7, 11) is 0. The van der Waals surface area contributed by atoms with Crippen LogP contribution in [0, 0.1) is 0 Å². The zero-order valence-corrected chi connectivity index (χ0v) is 16.2. The van der Waals surface area contributed by atoms with E-state index < -0.39 is 0 Å². The van der Waals surface area contributed by atoms with Gasteiger partial charge in [0.15, 0.2) is 0 Å². The quantitative estimate of drug-likeness (QED) is 0.627. The molecule has 0 saturated carbocycles. The number of rotatable bonds is 2. The number of hydrogen-bond donors (Lipinski definition) is 0. The first-order chi connectivity index (χ1) is 13.5. The Morgan fingerprint density at radius 2 is 0.857 bits per heavy atom. The van der Waals surface area contributed by atoms with E-state index in [4.69, 9.17) is 23.2 Å².